The highest BCUT2D eigenvalue weighted by Gasteiger charge is 2.59. The molecule has 190 valence electrons. The second-order valence-electron chi connectivity index (χ2n) is 7.96. The van der Waals surface area contributed by atoms with Crippen LogP contribution in [-0.2, 0) is 20.0 Å². The molecule has 2 atom stereocenters. The Morgan fingerprint density at radius 3 is 2.54 bits per heavy atom. The van der Waals surface area contributed by atoms with Crippen LogP contribution in [0.5, 0.6) is 5.75 Å². The number of ether oxygens (including phenoxy) is 1. The van der Waals surface area contributed by atoms with Gasteiger partial charge in [0.2, 0.25) is 20.0 Å². The van der Waals surface area contributed by atoms with Crippen LogP contribution in [0.4, 0.5) is 4.39 Å². The molecule has 0 amide bonds. The molecule has 0 aromatic heterocycles. The smallest absolute Gasteiger partial charge is 0.244 e. The average molecular weight is 565 g/mol. The molecule has 2 unspecified atom stereocenters. The van der Waals surface area contributed by atoms with Crippen molar-refractivity contribution < 1.29 is 26.0 Å². The number of benzene rings is 2. The third-order valence-corrected chi connectivity index (χ3v) is 9.66. The van der Waals surface area contributed by atoms with Gasteiger partial charge in [0.25, 0.3) is 0 Å². The van der Waals surface area contributed by atoms with E-state index in [4.69, 9.17) is 38.9 Å². The zero-order chi connectivity index (χ0) is 26.0. The topological polar surface area (TPSA) is 143 Å². The van der Waals surface area contributed by atoms with Gasteiger partial charge in [0, 0.05) is 30.2 Å². The Kier molecular flexibility index (Phi) is 8.33. The van der Waals surface area contributed by atoms with Gasteiger partial charge in [0.05, 0.1) is 21.9 Å². The summed E-state index contributed by atoms with van der Waals surface area (Å²) in [5.74, 6) is -1.13. The van der Waals surface area contributed by atoms with Gasteiger partial charge >= 0.3 is 0 Å². The van der Waals surface area contributed by atoms with E-state index >= 15 is 0 Å². The first kappa shape index (κ1) is 27.6. The van der Waals surface area contributed by atoms with Crippen molar-refractivity contribution in [3.8, 4) is 11.8 Å². The molecule has 9 nitrogen and oxygen atoms in total. The maximum Gasteiger partial charge on any atom is 0.244 e. The van der Waals surface area contributed by atoms with Gasteiger partial charge in [-0.3, -0.25) is 0 Å². The van der Waals surface area contributed by atoms with Gasteiger partial charge in [-0.1, -0.05) is 30.1 Å². The van der Waals surface area contributed by atoms with Crippen molar-refractivity contribution in [1.29, 1.82) is 5.26 Å². The van der Waals surface area contributed by atoms with E-state index in [1.54, 1.807) is 13.0 Å². The average Bonchev–Trinajstić information content (AvgIpc) is 2.75. The number of nitrogens with two attached hydrogens (primary N) is 1. The molecular formula is C21H23Cl2FN4O5S2. The Morgan fingerprint density at radius 1 is 1.26 bits per heavy atom. The SMILES string of the molecule is CCC1N(S(=O)(=O)c2ccc(Cl)cc2Cl)CC1(COc1ccc(C#N)c(F)c1)NS(=O)(=O)CCN. The molecule has 1 aliphatic heterocycles. The fourth-order valence-corrected chi connectivity index (χ4v) is 7.87. The minimum absolute atomic E-state index is 0.0517. The molecule has 1 aliphatic rings. The van der Waals surface area contributed by atoms with E-state index in [2.05, 4.69) is 4.72 Å². The van der Waals surface area contributed by atoms with Gasteiger partial charge in [0.15, 0.2) is 0 Å². The predicted octanol–water partition coefficient (Wildman–Crippen LogP) is 2.48. The molecule has 1 heterocycles. The summed E-state index contributed by atoms with van der Waals surface area (Å²) in [4.78, 5) is -0.171. The molecule has 2 aromatic carbocycles. The Labute approximate surface area is 213 Å². The lowest BCUT2D eigenvalue weighted by Crippen LogP contribution is -2.79. The fraction of sp³-hybridized carbons (Fsp3) is 0.381. The highest BCUT2D eigenvalue weighted by molar-refractivity contribution is 7.90. The monoisotopic (exact) mass is 564 g/mol. The summed E-state index contributed by atoms with van der Waals surface area (Å²) in [5, 5.41) is 9.09. The summed E-state index contributed by atoms with van der Waals surface area (Å²) in [6, 6.07) is 8.42. The molecule has 0 radical (unpaired) electrons. The van der Waals surface area contributed by atoms with E-state index in [9.17, 15) is 21.2 Å². The number of halogens is 3. The van der Waals surface area contributed by atoms with E-state index in [-0.39, 0.29) is 58.1 Å². The summed E-state index contributed by atoms with van der Waals surface area (Å²) < 4.78 is 75.4. The standard InChI is InChI=1S/C21H23Cl2FN4O5S2/c1-2-20-21(27-34(29,30)8-7-25,13-33-16-5-3-14(11-26)18(24)10-16)12-28(20)35(31,32)19-6-4-15(22)9-17(19)23/h3-6,9-10,20,27H,2,7-8,12-13,25H2,1H3. The molecule has 1 saturated heterocycles. The zero-order valence-corrected chi connectivity index (χ0v) is 21.7. The van der Waals surface area contributed by atoms with Crippen LogP contribution in [-0.4, -0.2) is 58.2 Å². The summed E-state index contributed by atoms with van der Waals surface area (Å²) in [6.45, 7) is 0.978. The molecule has 2 aromatic rings. The van der Waals surface area contributed by atoms with E-state index in [1.807, 2.05) is 0 Å². The van der Waals surface area contributed by atoms with E-state index in [0.29, 0.717) is 0 Å². The first-order valence-electron chi connectivity index (χ1n) is 10.4. The quantitative estimate of drug-likeness (QED) is 0.451. The number of nitrogens with zero attached hydrogens (tertiary/aromatic N) is 2. The van der Waals surface area contributed by atoms with E-state index in [0.717, 1.165) is 10.4 Å². The highest BCUT2D eigenvalue weighted by Crippen LogP contribution is 2.40. The summed E-state index contributed by atoms with van der Waals surface area (Å²) in [7, 11) is -8.02. The number of nitriles is 1. The Bertz CT molecular complexity index is 1370. The van der Waals surface area contributed by atoms with Crippen molar-refractivity contribution in [2.75, 3.05) is 25.4 Å². The van der Waals surface area contributed by atoms with Gasteiger partial charge in [-0.25, -0.2) is 25.9 Å². The molecule has 3 rings (SSSR count). The molecular weight excluding hydrogens is 542 g/mol. The second kappa shape index (κ2) is 10.6. The van der Waals surface area contributed by atoms with Crippen molar-refractivity contribution in [1.82, 2.24) is 9.03 Å². The normalized spacial score (nSPS) is 20.7. The molecule has 0 spiro atoms. The van der Waals surface area contributed by atoms with Gasteiger partial charge in [-0.2, -0.15) is 9.57 Å². The van der Waals surface area contributed by atoms with Gasteiger partial charge in [0.1, 0.15) is 29.1 Å². The summed E-state index contributed by atoms with van der Waals surface area (Å²) in [5.41, 5.74) is 3.88. The number of nitrogens with one attached hydrogen (secondary N) is 1. The Balaban J connectivity index is 1.95. The second-order valence-corrected chi connectivity index (χ2v) is 12.5. The lowest BCUT2D eigenvalue weighted by molar-refractivity contribution is 0.0118. The first-order chi connectivity index (χ1) is 16.4. The van der Waals surface area contributed by atoms with Crippen molar-refractivity contribution in [2.45, 2.75) is 29.8 Å². The zero-order valence-electron chi connectivity index (χ0n) is 18.5. The predicted molar refractivity (Wildman–Crippen MR) is 130 cm³/mol. The maximum absolute atomic E-state index is 14.0. The largest absolute Gasteiger partial charge is 0.491 e. The third kappa shape index (κ3) is 5.72. The van der Waals surface area contributed by atoms with Crippen LogP contribution in [0.1, 0.15) is 18.9 Å². The Hall–Kier alpha value is -1.98. The molecule has 14 heteroatoms. The highest BCUT2D eigenvalue weighted by atomic mass is 35.5. The minimum atomic E-state index is -4.12. The molecule has 35 heavy (non-hydrogen) atoms. The van der Waals surface area contributed by atoms with Crippen molar-refractivity contribution in [3.63, 3.8) is 0 Å². The van der Waals surface area contributed by atoms with Crippen LogP contribution in [0.3, 0.4) is 0 Å². The van der Waals surface area contributed by atoms with Crippen molar-refractivity contribution >= 4 is 43.2 Å². The third-order valence-electron chi connectivity index (χ3n) is 5.59. The first-order valence-corrected chi connectivity index (χ1v) is 14.2. The van der Waals surface area contributed by atoms with Crippen molar-refractivity contribution in [3.05, 3.63) is 57.8 Å². The van der Waals surface area contributed by atoms with Crippen LogP contribution in [0.25, 0.3) is 0 Å². The Morgan fingerprint density at radius 2 is 1.97 bits per heavy atom. The van der Waals surface area contributed by atoms with Crippen molar-refractivity contribution in [2.24, 2.45) is 5.73 Å². The van der Waals surface area contributed by atoms with E-state index in [1.165, 1.54) is 30.3 Å². The summed E-state index contributed by atoms with van der Waals surface area (Å²) >= 11 is 12.0. The minimum Gasteiger partial charge on any atom is -0.491 e. The molecule has 1 fully saturated rings. The lowest BCUT2D eigenvalue weighted by Gasteiger charge is -2.55. The van der Waals surface area contributed by atoms with Gasteiger partial charge < -0.3 is 10.5 Å². The molecule has 0 saturated carbocycles. The number of sulfonamides is 2. The summed E-state index contributed by atoms with van der Waals surface area (Å²) in [6.07, 6.45) is 0.223. The van der Waals surface area contributed by atoms with Crippen LogP contribution in [0.15, 0.2) is 41.3 Å². The molecule has 3 N–H and O–H groups in total. The maximum atomic E-state index is 14.0. The van der Waals surface area contributed by atoms with Gasteiger partial charge in [-0.05, 0) is 36.8 Å². The number of hydrogen-bond donors (Lipinski definition) is 2. The van der Waals surface area contributed by atoms with E-state index < -0.39 is 37.4 Å². The van der Waals surface area contributed by atoms with Crippen LogP contribution < -0.4 is 15.2 Å². The number of hydrogen-bond acceptors (Lipinski definition) is 7. The van der Waals surface area contributed by atoms with Crippen LogP contribution in [0.2, 0.25) is 10.0 Å². The molecule has 0 bridgehead atoms. The number of rotatable bonds is 10. The van der Waals surface area contributed by atoms with Crippen LogP contribution >= 0.6 is 23.2 Å². The lowest BCUT2D eigenvalue weighted by atomic mass is 9.82. The van der Waals surface area contributed by atoms with Gasteiger partial charge in [-0.15, -0.1) is 0 Å². The van der Waals surface area contributed by atoms with Crippen LogP contribution in [0, 0.1) is 17.1 Å². The fourth-order valence-electron chi connectivity index (χ4n) is 3.99. The molecule has 0 aliphatic carbocycles.